The molecule has 2 aromatic carbocycles. The highest BCUT2D eigenvalue weighted by atomic mass is 19.1. The Hall–Kier alpha value is -3.82. The van der Waals surface area contributed by atoms with E-state index in [1.54, 1.807) is 0 Å². The summed E-state index contributed by atoms with van der Waals surface area (Å²) in [4.78, 5) is 38.1. The molecule has 3 aromatic rings. The number of nitrogens with one attached hydrogen (secondary N) is 3. The third-order valence-electron chi connectivity index (χ3n) is 5.17. The molecule has 146 valence electrons. The average Bonchev–Trinajstić information content (AvgIpc) is 3.02. The van der Waals surface area contributed by atoms with E-state index in [9.17, 15) is 23.2 Å². The lowest BCUT2D eigenvalue weighted by molar-refractivity contribution is -0.127. The number of halogens is 2. The van der Waals surface area contributed by atoms with Gasteiger partial charge in [-0.25, -0.2) is 18.7 Å². The summed E-state index contributed by atoms with van der Waals surface area (Å²) in [7, 11) is 0. The quantitative estimate of drug-likeness (QED) is 0.573. The van der Waals surface area contributed by atoms with Gasteiger partial charge in [-0.3, -0.25) is 14.5 Å². The van der Waals surface area contributed by atoms with E-state index in [1.165, 1.54) is 30.3 Å². The van der Waals surface area contributed by atoms with Crippen LogP contribution in [0.4, 0.5) is 19.3 Å². The Kier molecular flexibility index (Phi) is 3.63. The monoisotopic (exact) mass is 397 g/mol. The molecule has 2 atom stereocenters. The number of anilines is 1. The number of hydrogen-bond donors (Lipinski definition) is 3. The van der Waals surface area contributed by atoms with Gasteiger partial charge in [0, 0.05) is 11.1 Å². The van der Waals surface area contributed by atoms with Crippen LogP contribution >= 0.6 is 0 Å². The Morgan fingerprint density at radius 1 is 1.03 bits per heavy atom. The molecular formula is C19H13F2N5O3. The fourth-order valence-electron chi connectivity index (χ4n) is 3.94. The Balaban J connectivity index is 1.79. The molecule has 0 bridgehead atoms. The molecule has 1 saturated heterocycles. The molecule has 5 rings (SSSR count). The van der Waals surface area contributed by atoms with E-state index < -0.39 is 41.2 Å². The minimum atomic E-state index is -0.937. The van der Waals surface area contributed by atoms with Gasteiger partial charge in [0.25, 0.3) is 11.5 Å². The summed E-state index contributed by atoms with van der Waals surface area (Å²) < 4.78 is 27.6. The number of amides is 3. The van der Waals surface area contributed by atoms with Gasteiger partial charge in [-0.15, -0.1) is 0 Å². The third kappa shape index (κ3) is 2.56. The molecule has 10 heteroatoms. The number of rotatable bonds is 2. The molecule has 2 unspecified atom stereocenters. The van der Waals surface area contributed by atoms with Crippen LogP contribution in [0.1, 0.15) is 23.3 Å². The lowest BCUT2D eigenvalue weighted by Gasteiger charge is -2.37. The Bertz CT molecular complexity index is 1230. The van der Waals surface area contributed by atoms with E-state index in [2.05, 4.69) is 20.8 Å². The maximum absolute atomic E-state index is 14.1. The molecule has 0 radical (unpaired) electrons. The third-order valence-corrected chi connectivity index (χ3v) is 5.17. The van der Waals surface area contributed by atoms with Crippen LogP contribution in [0, 0.1) is 11.6 Å². The maximum Gasteiger partial charge on any atom is 0.325 e. The van der Waals surface area contributed by atoms with E-state index in [0.29, 0.717) is 16.6 Å². The minimum absolute atomic E-state index is 0.0483. The zero-order chi connectivity index (χ0) is 20.3. The highest BCUT2D eigenvalue weighted by Crippen LogP contribution is 2.45. The summed E-state index contributed by atoms with van der Waals surface area (Å²) in [6.45, 7) is -0.172. The standard InChI is InChI=1S/C19H13F2N5O3/c20-9-3-1-8(2-4-9)15-17(26-13(27)7-22-19(26)29)16-14-11(18(28)25-24-16)5-10(21)6-12(14)23-15/h1-6,15,17,23H,7H2,(H,22,29)(H,25,28). The Morgan fingerprint density at radius 3 is 2.48 bits per heavy atom. The van der Waals surface area contributed by atoms with Gasteiger partial charge in [-0.2, -0.15) is 5.10 Å². The van der Waals surface area contributed by atoms with E-state index in [4.69, 9.17) is 0 Å². The van der Waals surface area contributed by atoms with E-state index >= 15 is 0 Å². The molecule has 2 aliphatic heterocycles. The highest BCUT2D eigenvalue weighted by molar-refractivity contribution is 6.04. The van der Waals surface area contributed by atoms with Gasteiger partial charge in [0.05, 0.1) is 23.7 Å². The molecule has 1 aromatic heterocycles. The first-order valence-corrected chi connectivity index (χ1v) is 8.78. The number of imide groups is 1. The normalized spacial score (nSPS) is 20.7. The van der Waals surface area contributed by atoms with Crippen molar-refractivity contribution in [1.82, 2.24) is 20.4 Å². The van der Waals surface area contributed by atoms with Gasteiger partial charge in [0.15, 0.2) is 0 Å². The van der Waals surface area contributed by atoms with Crippen LogP contribution in [0.15, 0.2) is 41.2 Å². The van der Waals surface area contributed by atoms with Crippen molar-refractivity contribution in [2.24, 2.45) is 0 Å². The largest absolute Gasteiger partial charge is 0.375 e. The summed E-state index contributed by atoms with van der Waals surface area (Å²) in [5.41, 5.74) is 0.502. The predicted octanol–water partition coefficient (Wildman–Crippen LogP) is 1.96. The first-order chi connectivity index (χ1) is 13.9. The van der Waals surface area contributed by atoms with Crippen LogP contribution in [0.2, 0.25) is 0 Å². The molecule has 2 aliphatic rings. The van der Waals surface area contributed by atoms with E-state index in [1.807, 2.05) is 0 Å². The minimum Gasteiger partial charge on any atom is -0.375 e. The maximum atomic E-state index is 14.1. The Morgan fingerprint density at radius 2 is 1.79 bits per heavy atom. The molecule has 0 aliphatic carbocycles. The van der Waals surface area contributed by atoms with Crippen molar-refractivity contribution in [3.05, 3.63) is 69.6 Å². The molecule has 29 heavy (non-hydrogen) atoms. The second-order valence-electron chi connectivity index (χ2n) is 6.85. The molecule has 8 nitrogen and oxygen atoms in total. The molecule has 0 saturated carbocycles. The second kappa shape index (κ2) is 6.09. The number of hydrogen-bond acceptors (Lipinski definition) is 5. The van der Waals surface area contributed by atoms with Crippen LogP contribution in [-0.4, -0.2) is 33.6 Å². The summed E-state index contributed by atoms with van der Waals surface area (Å²) in [5.74, 6) is -1.55. The zero-order valence-corrected chi connectivity index (χ0v) is 14.7. The SMILES string of the molecule is O=C1CNC(=O)N1C1c2n[nH]c(=O)c3cc(F)cc(c23)NC1c1ccc(F)cc1. The molecule has 3 heterocycles. The smallest absolute Gasteiger partial charge is 0.325 e. The van der Waals surface area contributed by atoms with Gasteiger partial charge in [0.2, 0.25) is 0 Å². The topological polar surface area (TPSA) is 107 Å². The summed E-state index contributed by atoms with van der Waals surface area (Å²) in [6, 6.07) is 5.51. The predicted molar refractivity (Wildman–Crippen MR) is 98.1 cm³/mol. The number of aromatic amines is 1. The fourth-order valence-corrected chi connectivity index (χ4v) is 3.94. The number of carbonyl (C=O) groups excluding carboxylic acids is 2. The van der Waals surface area contributed by atoms with Crippen LogP contribution in [0.5, 0.6) is 0 Å². The fraction of sp³-hybridized carbons (Fsp3) is 0.158. The van der Waals surface area contributed by atoms with Gasteiger partial charge in [0.1, 0.15) is 17.7 Å². The van der Waals surface area contributed by atoms with Gasteiger partial charge in [-0.05, 0) is 29.8 Å². The van der Waals surface area contributed by atoms with Crippen molar-refractivity contribution < 1.29 is 18.4 Å². The van der Waals surface area contributed by atoms with Gasteiger partial charge < -0.3 is 10.6 Å². The first kappa shape index (κ1) is 17.3. The molecule has 1 fully saturated rings. The number of urea groups is 1. The van der Waals surface area contributed by atoms with Crippen LogP contribution in [0.25, 0.3) is 10.8 Å². The van der Waals surface area contributed by atoms with Crippen molar-refractivity contribution in [2.75, 3.05) is 11.9 Å². The lowest BCUT2D eigenvalue weighted by Crippen LogP contribution is -2.42. The van der Waals surface area contributed by atoms with Crippen LogP contribution < -0.4 is 16.2 Å². The molecular weight excluding hydrogens is 384 g/mol. The van der Waals surface area contributed by atoms with Crippen molar-refractivity contribution >= 4 is 28.4 Å². The second-order valence-corrected chi connectivity index (χ2v) is 6.85. The number of carbonyl (C=O) groups is 2. The summed E-state index contributed by atoms with van der Waals surface area (Å²) in [6.07, 6.45) is 0. The van der Waals surface area contributed by atoms with Gasteiger partial charge in [-0.1, -0.05) is 12.1 Å². The van der Waals surface area contributed by atoms with Gasteiger partial charge >= 0.3 is 6.03 Å². The number of H-pyrrole nitrogens is 1. The molecule has 0 spiro atoms. The highest BCUT2D eigenvalue weighted by Gasteiger charge is 2.45. The molecule has 3 N–H and O–H groups in total. The zero-order valence-electron chi connectivity index (χ0n) is 14.7. The van der Waals surface area contributed by atoms with Crippen molar-refractivity contribution in [3.63, 3.8) is 0 Å². The first-order valence-electron chi connectivity index (χ1n) is 8.78. The van der Waals surface area contributed by atoms with Crippen molar-refractivity contribution in [1.29, 1.82) is 0 Å². The average molecular weight is 397 g/mol. The van der Waals surface area contributed by atoms with Crippen molar-refractivity contribution in [3.8, 4) is 0 Å². The number of benzene rings is 2. The summed E-state index contributed by atoms with van der Waals surface area (Å²) >= 11 is 0. The van der Waals surface area contributed by atoms with E-state index in [-0.39, 0.29) is 17.6 Å². The van der Waals surface area contributed by atoms with E-state index in [0.717, 1.165) is 11.0 Å². The number of nitrogens with zero attached hydrogens (tertiary/aromatic N) is 2. The van der Waals surface area contributed by atoms with Crippen molar-refractivity contribution in [2.45, 2.75) is 12.1 Å². The van der Waals surface area contributed by atoms with Crippen LogP contribution in [-0.2, 0) is 4.79 Å². The summed E-state index contributed by atoms with van der Waals surface area (Å²) in [5, 5.41) is 12.4. The lowest BCUT2D eigenvalue weighted by atomic mass is 9.88. The van der Waals surface area contributed by atoms with Crippen LogP contribution in [0.3, 0.4) is 0 Å². The number of aromatic nitrogens is 2. The molecule has 3 amide bonds. The Labute approximate surface area is 161 Å².